The molecule has 0 saturated carbocycles. The van der Waals surface area contributed by atoms with Crippen molar-refractivity contribution < 1.29 is 9.00 Å². The number of hydrogen-bond acceptors (Lipinski definition) is 2. The molecule has 1 atom stereocenters. The van der Waals surface area contributed by atoms with E-state index >= 15 is 0 Å². The molecule has 1 rings (SSSR count). The third-order valence-corrected chi connectivity index (χ3v) is 2.59. The maximum atomic E-state index is 11.0. The Morgan fingerprint density at radius 2 is 2.40 bits per heavy atom. The average molecular weight is 156 g/mol. The van der Waals surface area contributed by atoms with Crippen molar-refractivity contribution in [2.45, 2.75) is 13.3 Å². The second-order valence-corrected chi connectivity index (χ2v) is 3.39. The van der Waals surface area contributed by atoms with Crippen LogP contribution in [0.5, 0.6) is 0 Å². The minimum atomic E-state index is -1.04. The van der Waals surface area contributed by atoms with Gasteiger partial charge in [0.2, 0.25) is 0 Å². The number of carbonyl (C=O) groups excluding carboxylic acids is 1. The van der Waals surface area contributed by atoms with Crippen molar-refractivity contribution >= 4 is 16.6 Å². The second kappa shape index (κ2) is 2.92. The number of ketones is 1. The monoisotopic (exact) mass is 156 g/mol. The van der Waals surface area contributed by atoms with Crippen LogP contribution < -0.4 is 0 Å². The molecule has 1 heterocycles. The van der Waals surface area contributed by atoms with Crippen LogP contribution in [-0.4, -0.2) is 9.99 Å². The summed E-state index contributed by atoms with van der Waals surface area (Å²) in [6.07, 6.45) is 3.43. The van der Waals surface area contributed by atoms with Crippen LogP contribution >= 0.6 is 0 Å². The molecule has 0 radical (unpaired) electrons. The standard InChI is InChI=1S/C7H8O2S/c1-2-7-5-6(8)3-4-10(7)9/h2-4H,5H2,1H3/b7-2-/t10-/m0/s1. The minimum Gasteiger partial charge on any atom is -0.294 e. The second-order valence-electron chi connectivity index (χ2n) is 2.00. The van der Waals surface area contributed by atoms with E-state index in [0.717, 1.165) is 0 Å². The first kappa shape index (κ1) is 7.41. The van der Waals surface area contributed by atoms with Gasteiger partial charge in [-0.3, -0.25) is 9.00 Å². The first-order chi connectivity index (χ1) is 4.74. The van der Waals surface area contributed by atoms with Crippen molar-refractivity contribution in [3.05, 3.63) is 22.5 Å². The third-order valence-electron chi connectivity index (χ3n) is 1.31. The predicted octanol–water partition coefficient (Wildman–Crippen LogP) is 1.13. The molecule has 0 amide bonds. The molecule has 1 aliphatic rings. The molecular weight excluding hydrogens is 148 g/mol. The van der Waals surface area contributed by atoms with E-state index in [2.05, 4.69) is 0 Å². The van der Waals surface area contributed by atoms with Gasteiger partial charge >= 0.3 is 0 Å². The Hall–Kier alpha value is -0.700. The summed E-state index contributed by atoms with van der Waals surface area (Å²) >= 11 is 0. The van der Waals surface area contributed by atoms with Gasteiger partial charge in [-0.05, 0) is 13.0 Å². The lowest BCUT2D eigenvalue weighted by Crippen LogP contribution is -2.05. The van der Waals surface area contributed by atoms with Crippen molar-refractivity contribution in [1.82, 2.24) is 0 Å². The molecule has 0 aromatic carbocycles. The van der Waals surface area contributed by atoms with Crippen molar-refractivity contribution in [3.63, 3.8) is 0 Å². The van der Waals surface area contributed by atoms with Gasteiger partial charge in [0.25, 0.3) is 0 Å². The Labute approximate surface area is 62.1 Å². The van der Waals surface area contributed by atoms with Gasteiger partial charge in [0.05, 0.1) is 10.8 Å². The summed E-state index contributed by atoms with van der Waals surface area (Å²) in [5.74, 6) is 0.0349. The maximum absolute atomic E-state index is 11.0. The molecule has 0 fully saturated rings. The normalized spacial score (nSPS) is 29.5. The van der Waals surface area contributed by atoms with Crippen molar-refractivity contribution in [1.29, 1.82) is 0 Å². The number of allylic oxidation sites excluding steroid dienone is 3. The van der Waals surface area contributed by atoms with Crippen LogP contribution in [0.3, 0.4) is 0 Å². The zero-order chi connectivity index (χ0) is 7.56. The lowest BCUT2D eigenvalue weighted by molar-refractivity contribution is -0.113. The fraction of sp³-hybridized carbons (Fsp3) is 0.286. The van der Waals surface area contributed by atoms with Crippen LogP contribution in [0.15, 0.2) is 22.5 Å². The topological polar surface area (TPSA) is 34.1 Å². The van der Waals surface area contributed by atoms with Gasteiger partial charge in [-0.1, -0.05) is 6.08 Å². The van der Waals surface area contributed by atoms with E-state index in [1.54, 1.807) is 13.0 Å². The molecule has 54 valence electrons. The Balaban J connectivity index is 2.92. The summed E-state index contributed by atoms with van der Waals surface area (Å²) in [5.41, 5.74) is 0. The van der Waals surface area contributed by atoms with Gasteiger partial charge in [-0.25, -0.2) is 0 Å². The van der Waals surface area contributed by atoms with E-state index in [1.165, 1.54) is 11.5 Å². The first-order valence-corrected chi connectivity index (χ1v) is 4.22. The zero-order valence-corrected chi connectivity index (χ0v) is 6.48. The Kier molecular flexibility index (Phi) is 2.17. The summed E-state index contributed by atoms with van der Waals surface area (Å²) < 4.78 is 11.0. The van der Waals surface area contributed by atoms with E-state index in [4.69, 9.17) is 0 Å². The highest BCUT2D eigenvalue weighted by Gasteiger charge is 2.12. The fourth-order valence-corrected chi connectivity index (χ4v) is 1.71. The molecule has 0 aromatic heterocycles. The molecule has 0 bridgehead atoms. The van der Waals surface area contributed by atoms with Crippen LogP contribution in [-0.2, 0) is 15.6 Å². The largest absolute Gasteiger partial charge is 0.294 e. The molecule has 0 aliphatic carbocycles. The molecule has 0 spiro atoms. The van der Waals surface area contributed by atoms with Crippen LogP contribution in [0, 0.1) is 0 Å². The van der Waals surface area contributed by atoms with E-state index in [1.807, 2.05) is 0 Å². The predicted molar refractivity (Wildman–Crippen MR) is 40.7 cm³/mol. The number of hydrogen-bond donors (Lipinski definition) is 0. The van der Waals surface area contributed by atoms with Crippen LogP contribution in [0.25, 0.3) is 0 Å². The quantitative estimate of drug-likeness (QED) is 0.526. The maximum Gasteiger partial charge on any atom is 0.161 e. The zero-order valence-electron chi connectivity index (χ0n) is 5.66. The summed E-state index contributed by atoms with van der Waals surface area (Å²) in [5, 5.41) is 1.43. The molecule has 0 saturated heterocycles. The average Bonchev–Trinajstić information content (AvgIpc) is 1.94. The SMILES string of the molecule is C/C=C1/CC(=O)C=C[S@@]1=O. The van der Waals surface area contributed by atoms with E-state index in [9.17, 15) is 9.00 Å². The molecule has 10 heavy (non-hydrogen) atoms. The third kappa shape index (κ3) is 1.42. The van der Waals surface area contributed by atoms with Crippen molar-refractivity contribution in [2.24, 2.45) is 0 Å². The number of rotatable bonds is 0. The summed E-state index contributed by atoms with van der Waals surface area (Å²) in [4.78, 5) is 11.4. The highest BCUT2D eigenvalue weighted by Crippen LogP contribution is 2.14. The molecule has 0 unspecified atom stereocenters. The first-order valence-electron chi connectivity index (χ1n) is 3.01. The molecule has 2 nitrogen and oxygen atoms in total. The van der Waals surface area contributed by atoms with Crippen molar-refractivity contribution in [2.75, 3.05) is 0 Å². The highest BCUT2D eigenvalue weighted by molar-refractivity contribution is 7.92. The van der Waals surface area contributed by atoms with Crippen LogP contribution in [0.4, 0.5) is 0 Å². The Bertz CT molecular complexity index is 238. The van der Waals surface area contributed by atoms with E-state index in [-0.39, 0.29) is 5.78 Å². The smallest absolute Gasteiger partial charge is 0.161 e. The van der Waals surface area contributed by atoms with Gasteiger partial charge in [0.15, 0.2) is 5.78 Å². The van der Waals surface area contributed by atoms with Gasteiger partial charge in [0.1, 0.15) is 0 Å². The number of carbonyl (C=O) groups is 1. The fourth-order valence-electron chi connectivity index (χ4n) is 0.745. The Morgan fingerprint density at radius 1 is 1.70 bits per heavy atom. The molecule has 0 aromatic rings. The van der Waals surface area contributed by atoms with E-state index < -0.39 is 10.8 Å². The van der Waals surface area contributed by atoms with Crippen LogP contribution in [0.1, 0.15) is 13.3 Å². The lowest BCUT2D eigenvalue weighted by atomic mass is 10.2. The summed E-state index contributed by atoms with van der Waals surface area (Å²) in [6.45, 7) is 1.79. The minimum absolute atomic E-state index is 0.0349. The van der Waals surface area contributed by atoms with Crippen molar-refractivity contribution in [3.8, 4) is 0 Å². The van der Waals surface area contributed by atoms with Gasteiger partial charge in [-0.2, -0.15) is 0 Å². The molecule has 0 N–H and O–H groups in total. The summed E-state index contributed by atoms with van der Waals surface area (Å²) in [7, 11) is -1.04. The Morgan fingerprint density at radius 3 is 2.90 bits per heavy atom. The van der Waals surface area contributed by atoms with E-state index in [0.29, 0.717) is 11.3 Å². The lowest BCUT2D eigenvalue weighted by Gasteiger charge is -2.04. The van der Waals surface area contributed by atoms with Gasteiger partial charge in [0, 0.05) is 16.7 Å². The van der Waals surface area contributed by atoms with Gasteiger partial charge in [-0.15, -0.1) is 0 Å². The molecular formula is C7H8O2S. The van der Waals surface area contributed by atoms with Gasteiger partial charge < -0.3 is 0 Å². The van der Waals surface area contributed by atoms with Crippen LogP contribution in [0.2, 0.25) is 0 Å². The highest BCUT2D eigenvalue weighted by atomic mass is 32.2. The molecule has 3 heteroatoms. The molecule has 1 aliphatic heterocycles. The summed E-state index contributed by atoms with van der Waals surface area (Å²) in [6, 6.07) is 0.